The predicted octanol–water partition coefficient (Wildman–Crippen LogP) is 12.0. The first kappa shape index (κ1) is 88.1. The molecule has 12 bridgehead atoms. The number of anilines is 9. The highest BCUT2D eigenvalue weighted by Gasteiger charge is 2.32. The third kappa shape index (κ3) is 23.5. The number of nitrogens with zero attached hydrogens (tertiary/aromatic N) is 6. The van der Waals surface area contributed by atoms with Crippen LogP contribution in [0.15, 0.2) is 272 Å². The second-order valence-corrected chi connectivity index (χ2v) is 38.5. The van der Waals surface area contributed by atoms with Gasteiger partial charge in [0.25, 0.3) is 0 Å². The molecule has 0 fully saturated rings. The van der Waals surface area contributed by atoms with Gasteiger partial charge in [-0.05, 0) is 175 Å². The van der Waals surface area contributed by atoms with Crippen molar-refractivity contribution in [3.05, 3.63) is 271 Å². The number of hydrogen-bond donors (Lipinski definition) is 12. The lowest BCUT2D eigenvalue weighted by Gasteiger charge is -2.14. The van der Waals surface area contributed by atoms with Gasteiger partial charge in [-0.1, -0.05) is 134 Å². The number of halogens is 3. The highest BCUT2D eigenvalue weighted by atomic mass is 32.2. The van der Waals surface area contributed by atoms with E-state index in [2.05, 4.69) is 90.1 Å². The molecule has 6 heterocycles. The van der Waals surface area contributed by atoms with Crippen LogP contribution in [0.1, 0.15) is 54.0 Å². The van der Waals surface area contributed by atoms with Gasteiger partial charge < -0.3 is 31.9 Å². The van der Waals surface area contributed by atoms with E-state index < -0.39 is 76.8 Å². The summed E-state index contributed by atoms with van der Waals surface area (Å²) in [4.78, 5) is 27.7. The summed E-state index contributed by atoms with van der Waals surface area (Å²) >= 11 is 0. The summed E-state index contributed by atoms with van der Waals surface area (Å²) in [6, 6.07) is 60.6. The first-order valence-corrected chi connectivity index (χ1v) is 47.4. The molecule has 0 atom stereocenters. The van der Waals surface area contributed by atoms with Gasteiger partial charge in [0.05, 0.1) is 34.9 Å². The third-order valence-corrected chi connectivity index (χ3v) is 27.9. The molecular formula is C83H85F3N18O12S6. The molecule has 3 aliphatic rings. The predicted molar refractivity (Wildman–Crippen MR) is 462 cm³/mol. The topological polar surface area (TPSA) is 427 Å². The first-order chi connectivity index (χ1) is 58.4. The average Bonchev–Trinajstić information content (AvgIpc) is 1.20. The Morgan fingerprint density at radius 1 is 0.369 bits per heavy atom. The minimum Gasteiger partial charge on any atom is -0.369 e. The maximum absolute atomic E-state index is 13.0. The molecule has 0 spiro atoms. The van der Waals surface area contributed by atoms with Crippen molar-refractivity contribution in [3.8, 4) is 33.4 Å². The summed E-state index contributed by atoms with van der Waals surface area (Å²) in [6.07, 6.45) is 3.83. The summed E-state index contributed by atoms with van der Waals surface area (Å²) in [5, 5.41) is 19.0. The fourth-order valence-electron chi connectivity index (χ4n) is 12.7. The summed E-state index contributed by atoms with van der Waals surface area (Å²) < 4.78 is 206. The van der Waals surface area contributed by atoms with Gasteiger partial charge in [0, 0.05) is 111 Å². The van der Waals surface area contributed by atoms with Gasteiger partial charge >= 0.3 is 6.18 Å². The molecule has 12 aromatic rings. The Morgan fingerprint density at radius 3 is 1.11 bits per heavy atom. The maximum Gasteiger partial charge on any atom is 0.416 e. The lowest BCUT2D eigenvalue weighted by molar-refractivity contribution is -0.137. The van der Waals surface area contributed by atoms with E-state index >= 15 is 0 Å². The van der Waals surface area contributed by atoms with Gasteiger partial charge in [-0.15, -0.1) is 0 Å². The Labute approximate surface area is 705 Å². The number of rotatable bonds is 18. The van der Waals surface area contributed by atoms with E-state index in [0.717, 1.165) is 69.1 Å². The van der Waals surface area contributed by atoms with Gasteiger partial charge in [0.2, 0.25) is 78.0 Å². The highest BCUT2D eigenvalue weighted by Crippen LogP contribution is 2.35. The molecule has 39 heteroatoms. The molecule has 636 valence electrons. The Bertz CT molecular complexity index is 6460. The zero-order valence-corrected chi connectivity index (χ0v) is 70.3. The molecule has 3 aliphatic heterocycles. The van der Waals surface area contributed by atoms with Crippen molar-refractivity contribution < 1.29 is 63.7 Å². The Morgan fingerprint density at radius 2 is 0.721 bits per heavy atom. The number of hydrogen-bond acceptors (Lipinski definition) is 24. The summed E-state index contributed by atoms with van der Waals surface area (Å²) in [7, 11) is -22.2. The minimum absolute atomic E-state index is 0.119. The van der Waals surface area contributed by atoms with E-state index in [4.69, 9.17) is 0 Å². The van der Waals surface area contributed by atoms with E-state index in [1.165, 1.54) is 12.1 Å². The van der Waals surface area contributed by atoms with Crippen molar-refractivity contribution >= 4 is 113 Å². The van der Waals surface area contributed by atoms with Crippen molar-refractivity contribution in [3.63, 3.8) is 0 Å². The van der Waals surface area contributed by atoms with Crippen LogP contribution in [0.25, 0.3) is 33.4 Å². The van der Waals surface area contributed by atoms with Crippen LogP contribution >= 0.6 is 0 Å². The third-order valence-electron chi connectivity index (χ3n) is 19.2. The van der Waals surface area contributed by atoms with Crippen molar-refractivity contribution in [1.82, 2.24) is 58.2 Å². The van der Waals surface area contributed by atoms with Crippen molar-refractivity contribution in [1.29, 1.82) is 0 Å². The monoisotopic (exact) mass is 1770 g/mol. The largest absolute Gasteiger partial charge is 0.416 e. The van der Waals surface area contributed by atoms with E-state index in [0.29, 0.717) is 115 Å². The quantitative estimate of drug-likeness (QED) is 0.0379. The van der Waals surface area contributed by atoms with Crippen LogP contribution in [0.2, 0.25) is 0 Å². The Hall–Kier alpha value is -11.7. The molecule has 122 heavy (non-hydrogen) atoms. The second-order valence-electron chi connectivity index (χ2n) is 27.9. The summed E-state index contributed by atoms with van der Waals surface area (Å²) in [5.74, 6) is 2.67. The van der Waals surface area contributed by atoms with Crippen molar-refractivity contribution in [2.45, 2.75) is 87.5 Å². The fourth-order valence-corrected chi connectivity index (χ4v) is 19.3. The van der Waals surface area contributed by atoms with Crippen molar-refractivity contribution in [2.24, 2.45) is 0 Å². The molecule has 12 N–H and O–H groups in total. The van der Waals surface area contributed by atoms with Gasteiger partial charge in [-0.3, -0.25) is 0 Å². The molecule has 0 saturated carbocycles. The molecule has 9 aromatic carbocycles. The van der Waals surface area contributed by atoms with Crippen LogP contribution in [0, 0.1) is 0 Å². The Kier molecular flexibility index (Phi) is 28.1. The molecule has 0 radical (unpaired) electrons. The second kappa shape index (κ2) is 39.0. The van der Waals surface area contributed by atoms with E-state index in [1.54, 1.807) is 152 Å². The van der Waals surface area contributed by atoms with Gasteiger partial charge in [-0.2, -0.15) is 28.1 Å². The van der Waals surface area contributed by atoms with Crippen molar-refractivity contribution in [2.75, 3.05) is 84.3 Å². The molecule has 0 amide bonds. The molecule has 30 nitrogen and oxygen atoms in total. The summed E-state index contributed by atoms with van der Waals surface area (Å²) in [6.45, 7) is 4.60. The number of nitrogens with one attached hydrogen (secondary N) is 12. The first-order valence-electron chi connectivity index (χ1n) is 38.5. The normalized spacial score (nSPS) is 15.1. The van der Waals surface area contributed by atoms with Gasteiger partial charge in [-0.25, -0.2) is 93.8 Å². The number of fused-ring (bicyclic) bond motifs is 12. The number of alkyl halides is 3. The molecule has 15 rings (SSSR count). The minimum atomic E-state index is -4.66. The van der Waals surface area contributed by atoms with Crippen LogP contribution in [-0.2, 0) is 92.1 Å². The van der Waals surface area contributed by atoms with Crippen LogP contribution in [-0.4, -0.2) is 133 Å². The van der Waals surface area contributed by atoms with Crippen LogP contribution in [0.4, 0.5) is 65.5 Å². The van der Waals surface area contributed by atoms with E-state index in [-0.39, 0.29) is 69.7 Å². The summed E-state index contributed by atoms with van der Waals surface area (Å²) in [5.41, 5.74) is 8.83. The molecule has 0 aliphatic carbocycles. The Balaban J connectivity index is 0.000000158. The lowest BCUT2D eigenvalue weighted by atomic mass is 10.0. The standard InChI is InChI=1S/C29H32N6O4S2.C27H25F3N6O4S2.C27H28N6O4S2/c1-2-21-6-3-8-25(18-21)40(36,37)33-17-14-22-10-12-23(13-11-22)27-20-31-29-34-24-7-4-9-26(19-24)41(38,39)32-16-5-15-30-28(27)35-29;28-27(29,30)20-4-1-6-22(14-20)42(39,40)34-16-18-8-10-19(11-9-18)24-17-32-26-35-21-5-2-7-23(15-21)41(37,38)33-13-3-12-31-25(24)36-26;34-38(35,23-7-2-1-3-8-23)31-17-14-20-10-12-21(13-11-20)25-19-29-27-32-22-6-4-9-24(18-22)39(36,37)30-16-5-15-28-26(25)33-27/h3-4,6-13,18-20,32-33H,2,5,14-17H2,1H3,(H2,30,31,34,35);1-2,4-11,14-15,17,33-34H,3,12-13,16H2,(H2,31,32,35,36);1-4,6-13,18-19,30-31H,5,14-17H2,(H2,28,29,32,33). The smallest absolute Gasteiger partial charge is 0.369 e. The van der Waals surface area contributed by atoms with Gasteiger partial charge in [0.15, 0.2) is 0 Å². The SMILES string of the molecule is CCc1cccc(S(=O)(=O)NCCc2ccc(-c3cnc4nc3NCCCNS(=O)(=O)c3cccc(c3)N4)cc2)c1.O=S1(=O)NCCCNc2nc(ncc2-c2ccc(CCNS(=O)(=O)c3ccccc3)cc2)Nc2cccc1c2.O=S1(=O)NCCCNc2nc(ncc2-c2ccc(CNS(=O)(=O)c3cccc(C(F)(F)F)c3)cc2)Nc2cccc1c2. The average molecular weight is 1780 g/mol. The molecular weight excluding hydrogens is 1690 g/mol. The molecule has 0 saturated heterocycles. The van der Waals surface area contributed by atoms with Crippen LogP contribution in [0.3, 0.4) is 0 Å². The number of benzene rings is 9. The van der Waals surface area contributed by atoms with Gasteiger partial charge in [0.1, 0.15) is 17.5 Å². The van der Waals surface area contributed by atoms with E-state index in [1.807, 2.05) is 61.5 Å². The van der Waals surface area contributed by atoms with E-state index in [9.17, 15) is 63.7 Å². The molecule has 3 aromatic heterocycles. The highest BCUT2D eigenvalue weighted by molar-refractivity contribution is 7.91. The van der Waals surface area contributed by atoms with Crippen LogP contribution < -0.4 is 60.2 Å². The zero-order chi connectivity index (χ0) is 86.1. The van der Waals surface area contributed by atoms with Crippen LogP contribution in [0.5, 0.6) is 0 Å². The molecule has 0 unspecified atom stereocenters. The fraction of sp³-hybridized carbons (Fsp3) is 0.205. The number of aryl methyl sites for hydroxylation is 1. The number of sulfonamides is 6. The maximum atomic E-state index is 13.0. The number of aromatic nitrogens is 6. The zero-order valence-electron chi connectivity index (χ0n) is 65.4. The lowest BCUT2D eigenvalue weighted by Crippen LogP contribution is -2.26.